The van der Waals surface area contributed by atoms with Crippen LogP contribution in [0.4, 0.5) is 11.6 Å². The van der Waals surface area contributed by atoms with Crippen molar-refractivity contribution in [2.24, 2.45) is 0 Å². The lowest BCUT2D eigenvalue weighted by atomic mass is 10.2. The molecule has 0 aliphatic heterocycles. The molecule has 0 atom stereocenters. The summed E-state index contributed by atoms with van der Waals surface area (Å²) in [6.07, 6.45) is 2.86. The lowest BCUT2D eigenvalue weighted by Gasteiger charge is -2.23. The summed E-state index contributed by atoms with van der Waals surface area (Å²) in [6, 6.07) is 4.51. The lowest BCUT2D eigenvalue weighted by Crippen LogP contribution is -2.28. The SMILES string of the molecule is CC(C)c1nc(N)cc(N(CCC#N)C2CC2)n1. The minimum atomic E-state index is 0.254. The fourth-order valence-corrected chi connectivity index (χ4v) is 1.92. The average molecular weight is 245 g/mol. The summed E-state index contributed by atoms with van der Waals surface area (Å²) < 4.78 is 0. The summed E-state index contributed by atoms with van der Waals surface area (Å²) in [5.41, 5.74) is 5.84. The molecule has 5 heteroatoms. The summed E-state index contributed by atoms with van der Waals surface area (Å²) in [5, 5.41) is 8.73. The van der Waals surface area contributed by atoms with E-state index < -0.39 is 0 Å². The van der Waals surface area contributed by atoms with E-state index in [9.17, 15) is 0 Å². The van der Waals surface area contributed by atoms with E-state index in [1.54, 1.807) is 0 Å². The normalized spacial score (nSPS) is 14.6. The first-order valence-corrected chi connectivity index (χ1v) is 6.40. The Morgan fingerprint density at radius 3 is 2.78 bits per heavy atom. The fraction of sp³-hybridized carbons (Fsp3) is 0.615. The molecule has 1 aliphatic rings. The standard InChI is InChI=1S/C13H19N5/c1-9(2)13-16-11(15)8-12(17-13)18(7-3-6-14)10-4-5-10/h8-10H,3-5,7H2,1-2H3,(H2,15,16,17). The van der Waals surface area contributed by atoms with Crippen LogP contribution in [0.25, 0.3) is 0 Å². The molecule has 2 N–H and O–H groups in total. The molecule has 1 aromatic heterocycles. The van der Waals surface area contributed by atoms with Gasteiger partial charge in [-0.3, -0.25) is 0 Å². The third kappa shape index (κ3) is 2.89. The highest BCUT2D eigenvalue weighted by Gasteiger charge is 2.30. The Morgan fingerprint density at radius 1 is 1.50 bits per heavy atom. The number of nitrogens with two attached hydrogens (primary N) is 1. The zero-order valence-electron chi connectivity index (χ0n) is 10.9. The predicted octanol–water partition coefficient (Wildman–Crippen LogP) is 2.06. The van der Waals surface area contributed by atoms with Crippen LogP contribution in [-0.2, 0) is 0 Å². The van der Waals surface area contributed by atoms with Gasteiger partial charge in [0.2, 0.25) is 0 Å². The Morgan fingerprint density at radius 2 is 2.22 bits per heavy atom. The molecule has 5 nitrogen and oxygen atoms in total. The highest BCUT2D eigenvalue weighted by atomic mass is 15.2. The third-order valence-corrected chi connectivity index (χ3v) is 3.01. The van der Waals surface area contributed by atoms with Crippen molar-refractivity contribution in [3.05, 3.63) is 11.9 Å². The van der Waals surface area contributed by atoms with Gasteiger partial charge >= 0.3 is 0 Å². The molecule has 0 aromatic carbocycles. The van der Waals surface area contributed by atoms with Crippen molar-refractivity contribution < 1.29 is 0 Å². The predicted molar refractivity (Wildman–Crippen MR) is 71.1 cm³/mol. The van der Waals surface area contributed by atoms with Crippen LogP contribution in [0.2, 0.25) is 0 Å². The molecule has 1 heterocycles. The Balaban J connectivity index is 2.26. The van der Waals surface area contributed by atoms with E-state index >= 15 is 0 Å². The Hall–Kier alpha value is -1.83. The molecule has 2 rings (SSSR count). The van der Waals surface area contributed by atoms with Gasteiger partial charge in [0.05, 0.1) is 12.5 Å². The minimum Gasteiger partial charge on any atom is -0.384 e. The van der Waals surface area contributed by atoms with E-state index in [2.05, 4.69) is 34.8 Å². The van der Waals surface area contributed by atoms with Crippen molar-refractivity contribution >= 4 is 11.6 Å². The summed E-state index contributed by atoms with van der Waals surface area (Å²) in [7, 11) is 0. The third-order valence-electron chi connectivity index (χ3n) is 3.01. The van der Waals surface area contributed by atoms with Crippen LogP contribution in [0.1, 0.15) is 44.9 Å². The molecular formula is C13H19N5. The maximum Gasteiger partial charge on any atom is 0.135 e. The molecule has 18 heavy (non-hydrogen) atoms. The number of anilines is 2. The van der Waals surface area contributed by atoms with Gasteiger partial charge in [-0.15, -0.1) is 0 Å². The molecule has 0 radical (unpaired) electrons. The number of hydrogen-bond acceptors (Lipinski definition) is 5. The number of nitrogen functional groups attached to an aromatic ring is 1. The second-order valence-corrected chi connectivity index (χ2v) is 5.00. The molecule has 96 valence electrons. The van der Waals surface area contributed by atoms with Gasteiger partial charge in [-0.2, -0.15) is 5.26 Å². The van der Waals surface area contributed by atoms with E-state index in [1.165, 1.54) is 12.8 Å². The van der Waals surface area contributed by atoms with Gasteiger partial charge in [0.15, 0.2) is 0 Å². The van der Waals surface area contributed by atoms with Gasteiger partial charge in [-0.25, -0.2) is 9.97 Å². The maximum absolute atomic E-state index is 8.73. The zero-order valence-corrected chi connectivity index (χ0v) is 10.9. The number of nitrogens with zero attached hydrogens (tertiary/aromatic N) is 4. The summed E-state index contributed by atoms with van der Waals surface area (Å²) in [6.45, 7) is 4.82. The first-order valence-electron chi connectivity index (χ1n) is 6.40. The summed E-state index contributed by atoms with van der Waals surface area (Å²) >= 11 is 0. The second-order valence-electron chi connectivity index (χ2n) is 5.00. The number of hydrogen-bond donors (Lipinski definition) is 1. The molecule has 1 aromatic rings. The van der Waals surface area contributed by atoms with Crippen molar-refractivity contribution in [1.29, 1.82) is 5.26 Å². The molecule has 0 bridgehead atoms. The largest absolute Gasteiger partial charge is 0.384 e. The number of aromatic nitrogens is 2. The fourth-order valence-electron chi connectivity index (χ4n) is 1.92. The molecule has 0 spiro atoms. The van der Waals surface area contributed by atoms with Gasteiger partial charge in [-0.1, -0.05) is 13.8 Å². The quantitative estimate of drug-likeness (QED) is 0.859. The molecule has 1 aliphatic carbocycles. The summed E-state index contributed by atoms with van der Waals surface area (Å²) in [5.74, 6) is 2.40. The number of nitriles is 1. The first-order chi connectivity index (χ1) is 8.61. The minimum absolute atomic E-state index is 0.254. The monoisotopic (exact) mass is 245 g/mol. The van der Waals surface area contributed by atoms with Gasteiger partial charge in [0.25, 0.3) is 0 Å². The Labute approximate surface area is 108 Å². The van der Waals surface area contributed by atoms with Crippen molar-refractivity contribution in [1.82, 2.24) is 9.97 Å². The van der Waals surface area contributed by atoms with Crippen LogP contribution >= 0.6 is 0 Å². The molecule has 0 saturated heterocycles. The van der Waals surface area contributed by atoms with Crippen molar-refractivity contribution in [2.75, 3.05) is 17.2 Å². The van der Waals surface area contributed by atoms with Crippen molar-refractivity contribution in [2.45, 2.75) is 45.1 Å². The second kappa shape index (κ2) is 5.21. The molecule has 0 unspecified atom stereocenters. The van der Waals surface area contributed by atoms with Gasteiger partial charge in [0.1, 0.15) is 17.5 Å². The van der Waals surface area contributed by atoms with E-state index in [-0.39, 0.29) is 5.92 Å². The number of rotatable bonds is 5. The lowest BCUT2D eigenvalue weighted by molar-refractivity contribution is 0.738. The van der Waals surface area contributed by atoms with E-state index in [1.807, 2.05) is 6.07 Å². The van der Waals surface area contributed by atoms with Crippen molar-refractivity contribution in [3.8, 4) is 6.07 Å². The van der Waals surface area contributed by atoms with E-state index in [0.29, 0.717) is 18.3 Å². The Kier molecular flexibility index (Phi) is 3.66. The van der Waals surface area contributed by atoms with Crippen LogP contribution in [0.15, 0.2) is 6.07 Å². The van der Waals surface area contributed by atoms with Crippen LogP contribution in [0, 0.1) is 11.3 Å². The Bertz CT molecular complexity index is 459. The molecule has 0 amide bonds. The molecule has 1 saturated carbocycles. The highest BCUT2D eigenvalue weighted by molar-refractivity contribution is 5.49. The van der Waals surface area contributed by atoms with Gasteiger partial charge < -0.3 is 10.6 Å². The highest BCUT2D eigenvalue weighted by Crippen LogP contribution is 2.31. The maximum atomic E-state index is 8.73. The average Bonchev–Trinajstić information content (AvgIpc) is 3.13. The zero-order chi connectivity index (χ0) is 13.1. The van der Waals surface area contributed by atoms with Crippen LogP contribution in [0.3, 0.4) is 0 Å². The summed E-state index contributed by atoms with van der Waals surface area (Å²) in [4.78, 5) is 11.0. The van der Waals surface area contributed by atoms with Gasteiger partial charge in [-0.05, 0) is 12.8 Å². The van der Waals surface area contributed by atoms with Crippen molar-refractivity contribution in [3.63, 3.8) is 0 Å². The first kappa shape index (κ1) is 12.6. The van der Waals surface area contributed by atoms with E-state index in [4.69, 9.17) is 11.0 Å². The molecular weight excluding hydrogens is 226 g/mol. The van der Waals surface area contributed by atoms with Gasteiger partial charge in [0, 0.05) is 24.6 Å². The van der Waals surface area contributed by atoms with E-state index in [0.717, 1.165) is 18.2 Å². The van der Waals surface area contributed by atoms with Crippen LogP contribution in [0.5, 0.6) is 0 Å². The topological polar surface area (TPSA) is 78.8 Å². The molecule has 1 fully saturated rings. The van der Waals surface area contributed by atoms with Crippen LogP contribution < -0.4 is 10.6 Å². The smallest absolute Gasteiger partial charge is 0.135 e. The van der Waals surface area contributed by atoms with Crippen LogP contribution in [-0.4, -0.2) is 22.6 Å².